The summed E-state index contributed by atoms with van der Waals surface area (Å²) in [6, 6.07) is 7.93. The van der Waals surface area contributed by atoms with Crippen LogP contribution in [0.5, 0.6) is 11.5 Å². The first-order chi connectivity index (χ1) is 9.69. The number of aromatic nitrogens is 1. The Labute approximate surface area is 122 Å². The molecule has 0 saturated carbocycles. The summed E-state index contributed by atoms with van der Waals surface area (Å²) in [5.74, 6) is 1.42. The third-order valence-electron chi connectivity index (χ3n) is 2.84. The molecule has 104 valence electrons. The number of hydrogen-bond donors (Lipinski definition) is 0. The van der Waals surface area contributed by atoms with Crippen LogP contribution in [0.1, 0.15) is 17.5 Å². The lowest BCUT2D eigenvalue weighted by Crippen LogP contribution is -1.95. The number of nitrogens with zero attached hydrogens (tertiary/aromatic N) is 2. The fraction of sp³-hybridized carbons (Fsp3) is 0.333. The number of rotatable bonds is 5. The van der Waals surface area contributed by atoms with Crippen molar-refractivity contribution in [3.63, 3.8) is 0 Å². The fourth-order valence-corrected chi connectivity index (χ4v) is 2.85. The Kier molecular flexibility index (Phi) is 4.59. The van der Waals surface area contributed by atoms with Crippen LogP contribution in [-0.2, 0) is 6.42 Å². The summed E-state index contributed by atoms with van der Waals surface area (Å²) in [5.41, 5.74) is 1.89. The zero-order valence-electron chi connectivity index (χ0n) is 11.8. The van der Waals surface area contributed by atoms with Crippen molar-refractivity contribution >= 4 is 11.3 Å². The van der Waals surface area contributed by atoms with Crippen LogP contribution in [0.3, 0.4) is 0 Å². The van der Waals surface area contributed by atoms with Gasteiger partial charge in [0.05, 0.1) is 31.9 Å². The molecule has 1 heterocycles. The van der Waals surface area contributed by atoms with Gasteiger partial charge in [-0.25, -0.2) is 4.98 Å². The van der Waals surface area contributed by atoms with Gasteiger partial charge in [-0.05, 0) is 32.0 Å². The summed E-state index contributed by atoms with van der Waals surface area (Å²) in [7, 11) is 1.62. The van der Waals surface area contributed by atoms with E-state index in [0.717, 1.165) is 26.9 Å². The van der Waals surface area contributed by atoms with Gasteiger partial charge in [-0.2, -0.15) is 5.26 Å². The number of nitriles is 1. The second-order valence-corrected chi connectivity index (χ2v) is 5.24. The number of hydrogen-bond acceptors (Lipinski definition) is 5. The molecule has 0 bridgehead atoms. The molecule has 0 aliphatic carbocycles. The quantitative estimate of drug-likeness (QED) is 0.843. The molecular weight excluding hydrogens is 272 g/mol. The first-order valence-electron chi connectivity index (χ1n) is 6.34. The number of aryl methyl sites for hydroxylation is 1. The molecule has 1 aromatic carbocycles. The van der Waals surface area contributed by atoms with Crippen molar-refractivity contribution in [3.05, 3.63) is 28.8 Å². The molecule has 2 rings (SSSR count). The van der Waals surface area contributed by atoms with Crippen molar-refractivity contribution < 1.29 is 9.47 Å². The van der Waals surface area contributed by atoms with Gasteiger partial charge in [0.15, 0.2) is 11.5 Å². The van der Waals surface area contributed by atoms with Crippen molar-refractivity contribution in [3.8, 4) is 28.1 Å². The standard InChI is InChI=1S/C15H16N2O2S/c1-4-19-12-6-5-11(9-13(12)18-3)15-17-10(2)14(20-15)7-8-16/h5-6,9H,4,7H2,1-3H3. The third kappa shape index (κ3) is 2.91. The van der Waals surface area contributed by atoms with E-state index >= 15 is 0 Å². The summed E-state index contributed by atoms with van der Waals surface area (Å²) in [4.78, 5) is 5.53. The fourth-order valence-electron chi connectivity index (χ4n) is 1.86. The second-order valence-electron chi connectivity index (χ2n) is 4.16. The molecular formula is C15H16N2O2S. The normalized spacial score (nSPS) is 10.1. The highest BCUT2D eigenvalue weighted by molar-refractivity contribution is 7.15. The van der Waals surface area contributed by atoms with Gasteiger partial charge < -0.3 is 9.47 Å². The molecule has 4 nitrogen and oxygen atoms in total. The molecule has 0 N–H and O–H groups in total. The van der Waals surface area contributed by atoms with E-state index in [1.165, 1.54) is 0 Å². The summed E-state index contributed by atoms with van der Waals surface area (Å²) < 4.78 is 10.8. The smallest absolute Gasteiger partial charge is 0.161 e. The van der Waals surface area contributed by atoms with Gasteiger partial charge in [-0.1, -0.05) is 0 Å². The lowest BCUT2D eigenvalue weighted by molar-refractivity contribution is 0.311. The molecule has 0 saturated heterocycles. The average molecular weight is 288 g/mol. The van der Waals surface area contributed by atoms with Crippen molar-refractivity contribution in [1.29, 1.82) is 5.26 Å². The van der Waals surface area contributed by atoms with E-state index in [4.69, 9.17) is 14.7 Å². The molecule has 0 aliphatic rings. The van der Waals surface area contributed by atoms with E-state index in [1.807, 2.05) is 32.0 Å². The van der Waals surface area contributed by atoms with Gasteiger partial charge >= 0.3 is 0 Å². The highest BCUT2D eigenvalue weighted by Crippen LogP contribution is 2.35. The number of ether oxygens (including phenoxy) is 2. The Morgan fingerprint density at radius 1 is 1.35 bits per heavy atom. The molecule has 5 heteroatoms. The van der Waals surface area contributed by atoms with Crippen LogP contribution >= 0.6 is 11.3 Å². The molecule has 1 aromatic heterocycles. The molecule has 0 amide bonds. The van der Waals surface area contributed by atoms with Crippen molar-refractivity contribution in [1.82, 2.24) is 4.98 Å². The Morgan fingerprint density at radius 3 is 2.80 bits per heavy atom. The molecule has 0 fully saturated rings. The van der Waals surface area contributed by atoms with E-state index in [0.29, 0.717) is 18.8 Å². The van der Waals surface area contributed by atoms with E-state index < -0.39 is 0 Å². The minimum absolute atomic E-state index is 0.400. The van der Waals surface area contributed by atoms with Gasteiger partial charge in [-0.3, -0.25) is 0 Å². The molecule has 0 atom stereocenters. The van der Waals surface area contributed by atoms with Crippen LogP contribution in [0.4, 0.5) is 0 Å². The molecule has 0 aliphatic heterocycles. The highest BCUT2D eigenvalue weighted by atomic mass is 32.1. The number of benzene rings is 1. The van der Waals surface area contributed by atoms with Gasteiger partial charge in [0.25, 0.3) is 0 Å². The molecule has 2 aromatic rings. The number of thiazole rings is 1. The minimum Gasteiger partial charge on any atom is -0.493 e. The van der Waals surface area contributed by atoms with Crippen LogP contribution in [0.2, 0.25) is 0 Å². The van der Waals surface area contributed by atoms with E-state index in [2.05, 4.69) is 11.1 Å². The van der Waals surface area contributed by atoms with Gasteiger partial charge in [0, 0.05) is 10.4 Å². The molecule has 0 radical (unpaired) electrons. The SMILES string of the molecule is CCOc1ccc(-c2nc(C)c(CC#N)s2)cc1OC. The molecule has 0 spiro atoms. The van der Waals surface area contributed by atoms with E-state index in [1.54, 1.807) is 18.4 Å². The Balaban J connectivity index is 2.38. The average Bonchev–Trinajstić information content (AvgIpc) is 2.81. The maximum Gasteiger partial charge on any atom is 0.161 e. The van der Waals surface area contributed by atoms with Crippen molar-refractivity contribution in [2.45, 2.75) is 20.3 Å². The second kappa shape index (κ2) is 6.40. The van der Waals surface area contributed by atoms with Gasteiger partial charge in [0.1, 0.15) is 5.01 Å². The summed E-state index contributed by atoms with van der Waals surface area (Å²) in [6.07, 6.45) is 0.400. The van der Waals surface area contributed by atoms with E-state index in [-0.39, 0.29) is 0 Å². The zero-order chi connectivity index (χ0) is 14.5. The van der Waals surface area contributed by atoms with Crippen LogP contribution in [0, 0.1) is 18.3 Å². The Bertz CT molecular complexity index is 644. The first kappa shape index (κ1) is 14.4. The van der Waals surface area contributed by atoms with Crippen LogP contribution < -0.4 is 9.47 Å². The maximum atomic E-state index is 8.79. The lowest BCUT2D eigenvalue weighted by atomic mass is 10.2. The Morgan fingerprint density at radius 2 is 2.15 bits per heavy atom. The maximum absolute atomic E-state index is 8.79. The highest BCUT2D eigenvalue weighted by Gasteiger charge is 2.12. The monoisotopic (exact) mass is 288 g/mol. The molecule has 0 unspecified atom stereocenters. The summed E-state index contributed by atoms with van der Waals surface area (Å²) in [5, 5.41) is 9.69. The van der Waals surface area contributed by atoms with Crippen LogP contribution in [-0.4, -0.2) is 18.7 Å². The minimum atomic E-state index is 0.400. The topological polar surface area (TPSA) is 55.1 Å². The molecule has 20 heavy (non-hydrogen) atoms. The predicted octanol–water partition coefficient (Wildman–Crippen LogP) is 3.59. The van der Waals surface area contributed by atoms with Crippen LogP contribution in [0.25, 0.3) is 10.6 Å². The van der Waals surface area contributed by atoms with Gasteiger partial charge in [0.2, 0.25) is 0 Å². The van der Waals surface area contributed by atoms with Gasteiger partial charge in [-0.15, -0.1) is 11.3 Å². The van der Waals surface area contributed by atoms with Crippen LogP contribution in [0.15, 0.2) is 18.2 Å². The Hall–Kier alpha value is -2.06. The van der Waals surface area contributed by atoms with Crippen molar-refractivity contribution in [2.24, 2.45) is 0 Å². The third-order valence-corrected chi connectivity index (χ3v) is 4.05. The summed E-state index contributed by atoms with van der Waals surface area (Å²) >= 11 is 1.55. The predicted molar refractivity (Wildman–Crippen MR) is 79.3 cm³/mol. The number of methoxy groups -OCH3 is 1. The summed E-state index contributed by atoms with van der Waals surface area (Å²) in [6.45, 7) is 4.46. The van der Waals surface area contributed by atoms with Crippen molar-refractivity contribution in [2.75, 3.05) is 13.7 Å². The van der Waals surface area contributed by atoms with E-state index in [9.17, 15) is 0 Å². The lowest BCUT2D eigenvalue weighted by Gasteiger charge is -2.09. The largest absolute Gasteiger partial charge is 0.493 e. The first-order valence-corrected chi connectivity index (χ1v) is 7.15. The zero-order valence-corrected chi connectivity index (χ0v) is 12.6.